The maximum Gasteiger partial charge on any atom is 0.178 e. The van der Waals surface area contributed by atoms with Crippen molar-refractivity contribution in [3.63, 3.8) is 0 Å². The first-order chi connectivity index (χ1) is 8.24. The third-order valence-electron chi connectivity index (χ3n) is 3.08. The lowest BCUT2D eigenvalue weighted by molar-refractivity contribution is 0.327. The van der Waals surface area contributed by atoms with Gasteiger partial charge in [-0.05, 0) is 24.8 Å². The minimum atomic E-state index is -3.14. The minimum Gasteiger partial charge on any atom is -0.330 e. The fourth-order valence-electron chi connectivity index (χ4n) is 1.64. The van der Waals surface area contributed by atoms with Crippen molar-refractivity contribution in [2.75, 3.05) is 12.8 Å². The number of rotatable bonds is 7. The molecule has 6 heteroatoms. The summed E-state index contributed by atoms with van der Waals surface area (Å²) >= 11 is 0. The molecule has 0 radical (unpaired) electrons. The van der Waals surface area contributed by atoms with Gasteiger partial charge in [0.2, 0.25) is 0 Å². The molecule has 18 heavy (non-hydrogen) atoms. The summed E-state index contributed by atoms with van der Waals surface area (Å²) < 4.78 is 24.2. The number of aromatic nitrogens is 2. The molecule has 1 aromatic rings. The lowest BCUT2D eigenvalue weighted by Crippen LogP contribution is -2.23. The van der Waals surface area contributed by atoms with E-state index in [0.717, 1.165) is 25.8 Å². The van der Waals surface area contributed by atoms with Gasteiger partial charge >= 0.3 is 0 Å². The highest BCUT2D eigenvalue weighted by Gasteiger charge is 2.14. The summed E-state index contributed by atoms with van der Waals surface area (Å²) in [4.78, 5) is 0.282. The van der Waals surface area contributed by atoms with Gasteiger partial charge in [0.05, 0.1) is 6.20 Å². The first-order valence-electron chi connectivity index (χ1n) is 6.17. The van der Waals surface area contributed by atoms with Crippen LogP contribution in [0.25, 0.3) is 0 Å². The molecule has 2 N–H and O–H groups in total. The van der Waals surface area contributed by atoms with Gasteiger partial charge in [-0.1, -0.05) is 20.3 Å². The van der Waals surface area contributed by atoms with Crippen LogP contribution in [0.2, 0.25) is 0 Å². The van der Waals surface area contributed by atoms with Crippen LogP contribution in [0.4, 0.5) is 0 Å². The van der Waals surface area contributed by atoms with Gasteiger partial charge in [0.15, 0.2) is 9.84 Å². The van der Waals surface area contributed by atoms with Crippen LogP contribution in [-0.2, 0) is 16.4 Å². The van der Waals surface area contributed by atoms with Crippen LogP contribution >= 0.6 is 0 Å². The van der Waals surface area contributed by atoms with Gasteiger partial charge in [-0.2, -0.15) is 5.10 Å². The molecule has 0 spiro atoms. The lowest BCUT2D eigenvalue weighted by atomic mass is 9.87. The van der Waals surface area contributed by atoms with E-state index in [1.165, 1.54) is 12.5 Å². The monoisotopic (exact) mass is 273 g/mol. The van der Waals surface area contributed by atoms with Crippen molar-refractivity contribution in [3.05, 3.63) is 12.4 Å². The molecule has 0 atom stereocenters. The van der Waals surface area contributed by atoms with Crippen LogP contribution in [0, 0.1) is 5.41 Å². The standard InChI is InChI=1S/C12H23N3O2S/c1-12(2,10-13)6-4-5-7-15-9-11(8-14-15)18(3,16)17/h8-9H,4-7,10,13H2,1-3H3. The zero-order valence-electron chi connectivity index (χ0n) is 11.4. The predicted octanol–water partition coefficient (Wildman–Crippen LogP) is 1.44. The van der Waals surface area contributed by atoms with E-state index in [4.69, 9.17) is 5.73 Å². The number of sulfone groups is 1. The van der Waals surface area contributed by atoms with Gasteiger partial charge in [-0.3, -0.25) is 4.68 Å². The first-order valence-corrected chi connectivity index (χ1v) is 8.06. The van der Waals surface area contributed by atoms with Crippen molar-refractivity contribution >= 4 is 9.84 Å². The van der Waals surface area contributed by atoms with E-state index in [2.05, 4.69) is 18.9 Å². The van der Waals surface area contributed by atoms with E-state index in [1.54, 1.807) is 10.9 Å². The molecule has 0 aliphatic heterocycles. The maximum atomic E-state index is 11.3. The molecule has 0 bridgehead atoms. The Balaban J connectivity index is 2.39. The Morgan fingerprint density at radius 3 is 2.56 bits per heavy atom. The molecule has 0 aliphatic carbocycles. The summed E-state index contributed by atoms with van der Waals surface area (Å²) in [6.07, 6.45) is 7.30. The van der Waals surface area contributed by atoms with Gasteiger partial charge in [0.1, 0.15) is 4.90 Å². The molecule has 1 rings (SSSR count). The molecule has 0 aromatic carbocycles. The summed E-state index contributed by atoms with van der Waals surface area (Å²) in [6.45, 7) is 5.74. The summed E-state index contributed by atoms with van der Waals surface area (Å²) in [5.41, 5.74) is 5.85. The quantitative estimate of drug-likeness (QED) is 0.763. The summed E-state index contributed by atoms with van der Waals surface area (Å²) in [7, 11) is -3.14. The molecular formula is C12H23N3O2S. The smallest absolute Gasteiger partial charge is 0.178 e. The number of hydrogen-bond donors (Lipinski definition) is 1. The van der Waals surface area contributed by atoms with Crippen molar-refractivity contribution in [2.45, 2.75) is 44.6 Å². The average Bonchev–Trinajstić information content (AvgIpc) is 2.73. The fraction of sp³-hybridized carbons (Fsp3) is 0.750. The van der Waals surface area contributed by atoms with Crippen LogP contribution in [0.1, 0.15) is 33.1 Å². The second-order valence-corrected chi connectivity index (χ2v) is 7.55. The molecular weight excluding hydrogens is 250 g/mol. The normalized spacial score (nSPS) is 12.9. The molecule has 0 fully saturated rings. The second kappa shape index (κ2) is 5.84. The molecule has 1 aromatic heterocycles. The third kappa shape index (κ3) is 4.78. The van der Waals surface area contributed by atoms with E-state index in [1.807, 2.05) is 0 Å². The highest BCUT2D eigenvalue weighted by atomic mass is 32.2. The highest BCUT2D eigenvalue weighted by Crippen LogP contribution is 2.21. The van der Waals surface area contributed by atoms with E-state index < -0.39 is 9.84 Å². The Morgan fingerprint density at radius 1 is 1.39 bits per heavy atom. The lowest BCUT2D eigenvalue weighted by Gasteiger charge is -2.21. The second-order valence-electron chi connectivity index (χ2n) is 5.54. The number of nitrogens with zero attached hydrogens (tertiary/aromatic N) is 2. The van der Waals surface area contributed by atoms with Crippen LogP contribution in [0.15, 0.2) is 17.3 Å². The molecule has 0 amide bonds. The van der Waals surface area contributed by atoms with E-state index in [-0.39, 0.29) is 10.3 Å². The van der Waals surface area contributed by atoms with Crippen LogP contribution in [0.5, 0.6) is 0 Å². The van der Waals surface area contributed by atoms with Crippen molar-refractivity contribution in [2.24, 2.45) is 11.1 Å². The molecule has 0 saturated carbocycles. The van der Waals surface area contributed by atoms with Crippen molar-refractivity contribution in [3.8, 4) is 0 Å². The Morgan fingerprint density at radius 2 is 2.06 bits per heavy atom. The summed E-state index contributed by atoms with van der Waals surface area (Å²) in [5.74, 6) is 0. The highest BCUT2D eigenvalue weighted by molar-refractivity contribution is 7.90. The summed E-state index contributed by atoms with van der Waals surface area (Å²) in [5, 5.41) is 4.05. The predicted molar refractivity (Wildman–Crippen MR) is 72.0 cm³/mol. The number of hydrogen-bond acceptors (Lipinski definition) is 4. The van der Waals surface area contributed by atoms with Gasteiger partial charge in [-0.15, -0.1) is 0 Å². The third-order valence-corrected chi connectivity index (χ3v) is 4.15. The van der Waals surface area contributed by atoms with Crippen LogP contribution < -0.4 is 5.73 Å². The molecule has 104 valence electrons. The Kier molecular flexibility index (Phi) is 4.92. The van der Waals surface area contributed by atoms with Gasteiger partial charge < -0.3 is 5.73 Å². The largest absolute Gasteiger partial charge is 0.330 e. The SMILES string of the molecule is CC(C)(CN)CCCCn1cc(S(C)(=O)=O)cn1. The van der Waals surface area contributed by atoms with Crippen molar-refractivity contribution in [1.82, 2.24) is 9.78 Å². The molecule has 0 saturated heterocycles. The van der Waals surface area contributed by atoms with Crippen molar-refractivity contribution < 1.29 is 8.42 Å². The Labute approximate surface area is 109 Å². The van der Waals surface area contributed by atoms with Gasteiger partial charge in [0, 0.05) is 19.0 Å². The average molecular weight is 273 g/mol. The van der Waals surface area contributed by atoms with E-state index in [0.29, 0.717) is 6.54 Å². The fourth-order valence-corrected chi connectivity index (χ4v) is 2.19. The van der Waals surface area contributed by atoms with Crippen LogP contribution in [-0.4, -0.2) is 31.0 Å². The molecule has 5 nitrogen and oxygen atoms in total. The topological polar surface area (TPSA) is 78.0 Å². The minimum absolute atomic E-state index is 0.183. The Hall–Kier alpha value is -0.880. The Bertz CT molecular complexity index is 477. The maximum absolute atomic E-state index is 11.3. The number of unbranched alkanes of at least 4 members (excludes halogenated alkanes) is 1. The van der Waals surface area contributed by atoms with E-state index in [9.17, 15) is 8.42 Å². The molecule has 1 heterocycles. The molecule has 0 aliphatic rings. The number of aryl methyl sites for hydroxylation is 1. The zero-order valence-corrected chi connectivity index (χ0v) is 12.2. The van der Waals surface area contributed by atoms with Gasteiger partial charge in [0.25, 0.3) is 0 Å². The zero-order chi connectivity index (χ0) is 13.8. The van der Waals surface area contributed by atoms with Crippen LogP contribution in [0.3, 0.4) is 0 Å². The molecule has 0 unspecified atom stereocenters. The first kappa shape index (κ1) is 15.2. The van der Waals surface area contributed by atoms with E-state index >= 15 is 0 Å². The van der Waals surface area contributed by atoms with Gasteiger partial charge in [-0.25, -0.2) is 8.42 Å². The summed E-state index contributed by atoms with van der Waals surface area (Å²) in [6, 6.07) is 0. The number of nitrogens with two attached hydrogens (primary N) is 1. The van der Waals surface area contributed by atoms with Crippen molar-refractivity contribution in [1.29, 1.82) is 0 Å².